The first-order valence-corrected chi connectivity index (χ1v) is 7.47. The molecule has 3 heteroatoms. The highest BCUT2D eigenvalue weighted by Crippen LogP contribution is 2.20. The summed E-state index contributed by atoms with van der Waals surface area (Å²) in [5.74, 6) is 0.907. The molecule has 0 saturated carbocycles. The maximum Gasteiger partial charge on any atom is 0.125 e. The molecule has 2 aromatic heterocycles. The van der Waals surface area contributed by atoms with E-state index in [1.54, 1.807) is 0 Å². The average Bonchev–Trinajstić information content (AvgIpc) is 2.57. The number of nitrogens with zero attached hydrogens (tertiary/aromatic N) is 2. The van der Waals surface area contributed by atoms with Crippen molar-refractivity contribution in [1.29, 1.82) is 0 Å². The summed E-state index contributed by atoms with van der Waals surface area (Å²) in [6, 6.07) is 16.7. The van der Waals surface area contributed by atoms with Crippen molar-refractivity contribution in [2.45, 2.75) is 13.3 Å². The van der Waals surface area contributed by atoms with Crippen molar-refractivity contribution in [2.75, 3.05) is 11.9 Å². The van der Waals surface area contributed by atoms with Crippen LogP contribution in [0.25, 0.3) is 11.1 Å². The number of pyridine rings is 2. The molecule has 0 unspecified atom stereocenters. The molecule has 0 aliphatic carbocycles. The van der Waals surface area contributed by atoms with Crippen molar-refractivity contribution in [3.63, 3.8) is 0 Å². The molecule has 0 atom stereocenters. The van der Waals surface area contributed by atoms with E-state index in [2.05, 4.69) is 52.5 Å². The number of nitrogens with one attached hydrogen (secondary N) is 1. The van der Waals surface area contributed by atoms with E-state index in [0.29, 0.717) is 0 Å². The van der Waals surface area contributed by atoms with Crippen molar-refractivity contribution in [1.82, 2.24) is 9.97 Å². The molecule has 3 aromatic rings. The van der Waals surface area contributed by atoms with Crippen molar-refractivity contribution in [3.8, 4) is 11.1 Å². The van der Waals surface area contributed by atoms with Crippen LogP contribution in [0.1, 0.15) is 11.1 Å². The number of aryl methyl sites for hydroxylation is 1. The number of hydrogen-bond acceptors (Lipinski definition) is 3. The molecule has 0 amide bonds. The predicted molar refractivity (Wildman–Crippen MR) is 90.8 cm³/mol. The highest BCUT2D eigenvalue weighted by Gasteiger charge is 1.99. The first-order valence-electron chi connectivity index (χ1n) is 7.47. The van der Waals surface area contributed by atoms with Crippen molar-refractivity contribution in [3.05, 3.63) is 78.2 Å². The molecule has 3 rings (SSSR count). The highest BCUT2D eigenvalue weighted by molar-refractivity contribution is 5.63. The van der Waals surface area contributed by atoms with Gasteiger partial charge in [0.1, 0.15) is 5.82 Å². The Balaban J connectivity index is 1.58. The van der Waals surface area contributed by atoms with Crippen LogP contribution in [0, 0.1) is 6.92 Å². The van der Waals surface area contributed by atoms with Crippen molar-refractivity contribution < 1.29 is 0 Å². The van der Waals surface area contributed by atoms with Gasteiger partial charge in [-0.2, -0.15) is 0 Å². The number of rotatable bonds is 5. The quantitative estimate of drug-likeness (QED) is 0.768. The standard InChI is InChI=1S/C19H19N3/c1-15-2-4-17(5-3-15)18-6-7-19(22-14-18)21-13-10-16-8-11-20-12-9-16/h2-9,11-12,14H,10,13H2,1H3,(H,21,22). The summed E-state index contributed by atoms with van der Waals surface area (Å²) in [6.45, 7) is 2.96. The van der Waals surface area contributed by atoms with Crippen LogP contribution in [-0.2, 0) is 6.42 Å². The molecular weight excluding hydrogens is 270 g/mol. The summed E-state index contributed by atoms with van der Waals surface area (Å²) < 4.78 is 0. The Morgan fingerprint density at radius 1 is 0.864 bits per heavy atom. The van der Waals surface area contributed by atoms with Crippen LogP contribution in [-0.4, -0.2) is 16.5 Å². The molecule has 0 spiro atoms. The number of hydrogen-bond donors (Lipinski definition) is 1. The Morgan fingerprint density at radius 3 is 2.27 bits per heavy atom. The third-order valence-electron chi connectivity index (χ3n) is 3.62. The average molecular weight is 289 g/mol. The molecule has 0 aliphatic heterocycles. The molecule has 2 heterocycles. The van der Waals surface area contributed by atoms with Crippen LogP contribution in [0.15, 0.2) is 67.1 Å². The summed E-state index contributed by atoms with van der Waals surface area (Å²) >= 11 is 0. The Morgan fingerprint density at radius 2 is 1.59 bits per heavy atom. The third-order valence-corrected chi connectivity index (χ3v) is 3.62. The molecule has 0 radical (unpaired) electrons. The van der Waals surface area contributed by atoms with Crippen molar-refractivity contribution in [2.24, 2.45) is 0 Å². The summed E-state index contributed by atoms with van der Waals surface area (Å²) in [5.41, 5.74) is 4.88. The van der Waals surface area contributed by atoms with E-state index in [1.807, 2.05) is 36.8 Å². The Kier molecular flexibility index (Phi) is 4.44. The fourth-order valence-corrected chi connectivity index (χ4v) is 2.30. The van der Waals surface area contributed by atoms with Gasteiger partial charge in [0.2, 0.25) is 0 Å². The zero-order chi connectivity index (χ0) is 15.2. The number of benzene rings is 1. The Hall–Kier alpha value is -2.68. The lowest BCUT2D eigenvalue weighted by molar-refractivity contribution is 1.00. The third kappa shape index (κ3) is 3.70. The normalized spacial score (nSPS) is 10.4. The Labute approximate surface area is 131 Å². The predicted octanol–water partition coefficient (Wildman–Crippen LogP) is 4.11. The van der Waals surface area contributed by atoms with Gasteiger partial charge >= 0.3 is 0 Å². The Bertz CT molecular complexity index is 704. The van der Waals surface area contributed by atoms with E-state index in [9.17, 15) is 0 Å². The molecule has 0 fully saturated rings. The van der Waals surface area contributed by atoms with Gasteiger partial charge in [0, 0.05) is 30.7 Å². The minimum absolute atomic E-state index is 0.862. The zero-order valence-corrected chi connectivity index (χ0v) is 12.7. The second-order valence-electron chi connectivity index (χ2n) is 5.33. The van der Waals surface area contributed by atoms with Gasteiger partial charge in [0.25, 0.3) is 0 Å². The summed E-state index contributed by atoms with van der Waals surface area (Å²) in [6.07, 6.45) is 6.53. The summed E-state index contributed by atoms with van der Waals surface area (Å²) in [7, 11) is 0. The number of anilines is 1. The van der Waals surface area contributed by atoms with Gasteiger partial charge in [-0.25, -0.2) is 4.98 Å². The van der Waals surface area contributed by atoms with Crippen LogP contribution in [0.4, 0.5) is 5.82 Å². The van der Waals surface area contributed by atoms with Gasteiger partial charge in [0.05, 0.1) is 0 Å². The topological polar surface area (TPSA) is 37.8 Å². The smallest absolute Gasteiger partial charge is 0.125 e. The second kappa shape index (κ2) is 6.85. The van der Waals surface area contributed by atoms with Gasteiger partial charge in [0.15, 0.2) is 0 Å². The van der Waals surface area contributed by atoms with Gasteiger partial charge in [-0.05, 0) is 48.7 Å². The summed E-state index contributed by atoms with van der Waals surface area (Å²) in [4.78, 5) is 8.51. The molecule has 1 aromatic carbocycles. The molecule has 110 valence electrons. The molecule has 22 heavy (non-hydrogen) atoms. The lowest BCUT2D eigenvalue weighted by Crippen LogP contribution is -2.06. The monoisotopic (exact) mass is 289 g/mol. The minimum atomic E-state index is 0.862. The first-order chi connectivity index (χ1) is 10.8. The number of aromatic nitrogens is 2. The van der Waals surface area contributed by atoms with E-state index in [0.717, 1.165) is 24.3 Å². The molecule has 1 N–H and O–H groups in total. The van der Waals surface area contributed by atoms with Crippen LogP contribution >= 0.6 is 0 Å². The van der Waals surface area contributed by atoms with Crippen LogP contribution < -0.4 is 5.32 Å². The van der Waals surface area contributed by atoms with E-state index in [1.165, 1.54) is 16.7 Å². The lowest BCUT2D eigenvalue weighted by Gasteiger charge is -2.07. The van der Waals surface area contributed by atoms with Gasteiger partial charge < -0.3 is 5.32 Å². The van der Waals surface area contributed by atoms with E-state index < -0.39 is 0 Å². The van der Waals surface area contributed by atoms with E-state index in [4.69, 9.17) is 0 Å². The second-order valence-corrected chi connectivity index (χ2v) is 5.33. The largest absolute Gasteiger partial charge is 0.370 e. The summed E-state index contributed by atoms with van der Waals surface area (Å²) in [5, 5.41) is 3.35. The minimum Gasteiger partial charge on any atom is -0.370 e. The van der Waals surface area contributed by atoms with Gasteiger partial charge in [-0.15, -0.1) is 0 Å². The van der Waals surface area contributed by atoms with Crippen LogP contribution in [0.2, 0.25) is 0 Å². The fraction of sp³-hybridized carbons (Fsp3) is 0.158. The zero-order valence-electron chi connectivity index (χ0n) is 12.7. The maximum atomic E-state index is 4.49. The highest BCUT2D eigenvalue weighted by atomic mass is 15.0. The van der Waals surface area contributed by atoms with Crippen LogP contribution in [0.5, 0.6) is 0 Å². The lowest BCUT2D eigenvalue weighted by atomic mass is 10.1. The maximum absolute atomic E-state index is 4.49. The SMILES string of the molecule is Cc1ccc(-c2ccc(NCCc3ccncc3)nc2)cc1. The fourth-order valence-electron chi connectivity index (χ4n) is 2.30. The molecule has 0 saturated heterocycles. The molecular formula is C19H19N3. The molecule has 0 aliphatic rings. The van der Waals surface area contributed by atoms with Gasteiger partial charge in [-0.3, -0.25) is 4.98 Å². The van der Waals surface area contributed by atoms with E-state index >= 15 is 0 Å². The van der Waals surface area contributed by atoms with Crippen molar-refractivity contribution >= 4 is 5.82 Å². The molecule has 3 nitrogen and oxygen atoms in total. The van der Waals surface area contributed by atoms with Gasteiger partial charge in [-0.1, -0.05) is 29.8 Å². The van der Waals surface area contributed by atoms with Crippen LogP contribution in [0.3, 0.4) is 0 Å². The first kappa shape index (κ1) is 14.3. The van der Waals surface area contributed by atoms with E-state index in [-0.39, 0.29) is 0 Å². The molecule has 0 bridgehead atoms.